The molecule has 0 aliphatic rings. The molecule has 0 heterocycles. The molecule has 2 unspecified atom stereocenters. The van der Waals surface area contributed by atoms with Crippen molar-refractivity contribution < 1.29 is 9.59 Å². The quantitative estimate of drug-likeness (QED) is 0.723. The number of rotatable bonds is 8. The van der Waals surface area contributed by atoms with Crippen LogP contribution < -0.4 is 10.6 Å². The van der Waals surface area contributed by atoms with Crippen LogP contribution in [0.3, 0.4) is 0 Å². The van der Waals surface area contributed by atoms with Crippen LogP contribution in [0.4, 0.5) is 0 Å². The zero-order chi connectivity index (χ0) is 15.7. The summed E-state index contributed by atoms with van der Waals surface area (Å²) in [5.41, 5.74) is 0.576. The fourth-order valence-electron chi connectivity index (χ4n) is 2.01. The second-order valence-corrected chi connectivity index (χ2v) is 5.35. The number of nitrogens with one attached hydrogen (secondary N) is 2. The number of carbonyl (C=O) groups is 2. The molecule has 0 aromatic heterocycles. The highest BCUT2D eigenvalue weighted by Crippen LogP contribution is 2.09. The third kappa shape index (κ3) is 5.58. The zero-order valence-electron chi connectivity index (χ0n) is 13.2. The SMILES string of the molecule is CCCCNC(=O)C(NC(=O)c1ccccc1)C(C)CC. The summed E-state index contributed by atoms with van der Waals surface area (Å²) in [6, 6.07) is 8.50. The van der Waals surface area contributed by atoms with E-state index >= 15 is 0 Å². The number of hydrogen-bond donors (Lipinski definition) is 2. The lowest BCUT2D eigenvalue weighted by molar-refractivity contribution is -0.124. The molecular formula is C17H26N2O2. The Morgan fingerprint density at radius 3 is 2.38 bits per heavy atom. The summed E-state index contributed by atoms with van der Waals surface area (Å²) in [5, 5.41) is 5.76. The van der Waals surface area contributed by atoms with Gasteiger partial charge in [0.25, 0.3) is 5.91 Å². The van der Waals surface area contributed by atoms with Gasteiger partial charge in [0, 0.05) is 12.1 Å². The van der Waals surface area contributed by atoms with Gasteiger partial charge in [-0.2, -0.15) is 0 Å². The molecule has 2 amide bonds. The highest BCUT2D eigenvalue weighted by atomic mass is 16.2. The minimum absolute atomic E-state index is 0.0953. The van der Waals surface area contributed by atoms with Gasteiger partial charge in [0.05, 0.1) is 0 Å². The Balaban J connectivity index is 2.70. The van der Waals surface area contributed by atoms with Crippen molar-refractivity contribution in [2.24, 2.45) is 5.92 Å². The Morgan fingerprint density at radius 1 is 1.14 bits per heavy atom. The van der Waals surface area contributed by atoms with Crippen molar-refractivity contribution >= 4 is 11.8 Å². The fraction of sp³-hybridized carbons (Fsp3) is 0.529. The lowest BCUT2D eigenvalue weighted by Gasteiger charge is -2.23. The van der Waals surface area contributed by atoms with Crippen molar-refractivity contribution in [2.75, 3.05) is 6.54 Å². The second kappa shape index (κ2) is 9.16. The molecule has 0 radical (unpaired) electrons. The number of hydrogen-bond acceptors (Lipinski definition) is 2. The van der Waals surface area contributed by atoms with Gasteiger partial charge in [-0.15, -0.1) is 0 Å². The average Bonchev–Trinajstić information content (AvgIpc) is 2.52. The van der Waals surface area contributed by atoms with Crippen LogP contribution in [0.25, 0.3) is 0 Å². The standard InChI is InChI=1S/C17H26N2O2/c1-4-6-12-18-17(21)15(13(3)5-2)19-16(20)14-10-8-7-9-11-14/h7-11,13,15H,4-6,12H2,1-3H3,(H,18,21)(H,19,20). The smallest absolute Gasteiger partial charge is 0.251 e. The molecule has 1 aromatic rings. The molecule has 1 rings (SSSR count). The maximum Gasteiger partial charge on any atom is 0.251 e. The first kappa shape index (κ1) is 17.2. The van der Waals surface area contributed by atoms with Gasteiger partial charge in [0.15, 0.2) is 0 Å². The van der Waals surface area contributed by atoms with Gasteiger partial charge >= 0.3 is 0 Å². The predicted octanol–water partition coefficient (Wildman–Crippen LogP) is 2.75. The summed E-state index contributed by atoms with van der Waals surface area (Å²) in [6.07, 6.45) is 2.82. The number of carbonyl (C=O) groups excluding carboxylic acids is 2. The largest absolute Gasteiger partial charge is 0.354 e. The lowest BCUT2D eigenvalue weighted by atomic mass is 9.97. The predicted molar refractivity (Wildman–Crippen MR) is 85.1 cm³/mol. The molecule has 0 saturated heterocycles. The summed E-state index contributed by atoms with van der Waals surface area (Å²) < 4.78 is 0. The van der Waals surface area contributed by atoms with E-state index in [4.69, 9.17) is 0 Å². The molecule has 4 nitrogen and oxygen atoms in total. The molecule has 0 aliphatic heterocycles. The van der Waals surface area contributed by atoms with Gasteiger partial charge in [-0.25, -0.2) is 0 Å². The maximum absolute atomic E-state index is 12.3. The van der Waals surface area contributed by atoms with Crippen molar-refractivity contribution in [3.63, 3.8) is 0 Å². The fourth-order valence-corrected chi connectivity index (χ4v) is 2.01. The molecule has 2 atom stereocenters. The summed E-state index contributed by atoms with van der Waals surface area (Å²) in [5.74, 6) is -0.201. The Hall–Kier alpha value is -1.84. The number of amides is 2. The first-order valence-electron chi connectivity index (χ1n) is 7.73. The van der Waals surface area contributed by atoms with E-state index in [1.807, 2.05) is 32.0 Å². The first-order chi connectivity index (χ1) is 10.1. The van der Waals surface area contributed by atoms with Gasteiger partial charge in [-0.3, -0.25) is 9.59 Å². The van der Waals surface area contributed by atoms with Gasteiger partial charge < -0.3 is 10.6 Å². The van der Waals surface area contributed by atoms with Gasteiger partial charge in [0.1, 0.15) is 6.04 Å². The number of benzene rings is 1. The van der Waals surface area contributed by atoms with E-state index in [2.05, 4.69) is 17.6 Å². The average molecular weight is 290 g/mol. The summed E-state index contributed by atoms with van der Waals surface area (Å²) in [7, 11) is 0. The molecular weight excluding hydrogens is 264 g/mol. The highest BCUT2D eigenvalue weighted by molar-refractivity contribution is 5.97. The van der Waals surface area contributed by atoms with Gasteiger partial charge in [-0.1, -0.05) is 51.8 Å². The van der Waals surface area contributed by atoms with E-state index in [1.54, 1.807) is 12.1 Å². The molecule has 0 bridgehead atoms. The van der Waals surface area contributed by atoms with Crippen LogP contribution in [0.5, 0.6) is 0 Å². The zero-order valence-corrected chi connectivity index (χ0v) is 13.2. The highest BCUT2D eigenvalue weighted by Gasteiger charge is 2.25. The summed E-state index contributed by atoms with van der Waals surface area (Å²) in [4.78, 5) is 24.5. The van der Waals surface area contributed by atoms with Gasteiger partial charge in [0.2, 0.25) is 5.91 Å². The Bertz CT molecular complexity index is 445. The molecule has 116 valence electrons. The van der Waals surface area contributed by atoms with E-state index in [0.29, 0.717) is 12.1 Å². The van der Waals surface area contributed by atoms with Crippen LogP contribution in [0, 0.1) is 5.92 Å². The van der Waals surface area contributed by atoms with Crippen molar-refractivity contribution in [1.82, 2.24) is 10.6 Å². The third-order valence-corrected chi connectivity index (χ3v) is 3.65. The Labute approximate surface area is 127 Å². The molecule has 21 heavy (non-hydrogen) atoms. The maximum atomic E-state index is 12.3. The number of unbranched alkanes of at least 4 members (excludes halogenated alkanes) is 1. The topological polar surface area (TPSA) is 58.2 Å². The second-order valence-electron chi connectivity index (χ2n) is 5.35. The minimum Gasteiger partial charge on any atom is -0.354 e. The van der Waals surface area contributed by atoms with Crippen molar-refractivity contribution in [3.05, 3.63) is 35.9 Å². The Kier molecular flexibility index (Phi) is 7.51. The molecule has 2 N–H and O–H groups in total. The third-order valence-electron chi connectivity index (χ3n) is 3.65. The van der Waals surface area contributed by atoms with Crippen LogP contribution in [0.2, 0.25) is 0 Å². The molecule has 0 aliphatic carbocycles. The van der Waals surface area contributed by atoms with Crippen LogP contribution in [-0.2, 0) is 4.79 Å². The van der Waals surface area contributed by atoms with Crippen LogP contribution in [0.1, 0.15) is 50.4 Å². The van der Waals surface area contributed by atoms with Crippen LogP contribution in [0.15, 0.2) is 30.3 Å². The molecule has 4 heteroatoms. The summed E-state index contributed by atoms with van der Waals surface area (Å²) in [6.45, 7) is 6.74. The lowest BCUT2D eigenvalue weighted by Crippen LogP contribution is -2.50. The van der Waals surface area contributed by atoms with E-state index < -0.39 is 6.04 Å². The van der Waals surface area contributed by atoms with Crippen molar-refractivity contribution in [1.29, 1.82) is 0 Å². The van der Waals surface area contributed by atoms with E-state index in [-0.39, 0.29) is 17.7 Å². The molecule has 0 saturated carbocycles. The monoisotopic (exact) mass is 290 g/mol. The van der Waals surface area contributed by atoms with Crippen molar-refractivity contribution in [3.8, 4) is 0 Å². The van der Waals surface area contributed by atoms with E-state index in [0.717, 1.165) is 19.3 Å². The Morgan fingerprint density at radius 2 is 1.81 bits per heavy atom. The van der Waals surface area contributed by atoms with E-state index in [9.17, 15) is 9.59 Å². The first-order valence-corrected chi connectivity index (χ1v) is 7.73. The van der Waals surface area contributed by atoms with Crippen LogP contribution in [-0.4, -0.2) is 24.4 Å². The molecule has 0 fully saturated rings. The van der Waals surface area contributed by atoms with Gasteiger partial charge in [-0.05, 0) is 24.5 Å². The van der Waals surface area contributed by atoms with Crippen LogP contribution >= 0.6 is 0 Å². The molecule has 0 spiro atoms. The normalized spacial score (nSPS) is 13.3. The minimum atomic E-state index is -0.487. The molecule has 1 aromatic carbocycles. The summed E-state index contributed by atoms with van der Waals surface area (Å²) >= 11 is 0. The van der Waals surface area contributed by atoms with Crippen molar-refractivity contribution in [2.45, 2.75) is 46.1 Å². The van der Waals surface area contributed by atoms with E-state index in [1.165, 1.54) is 0 Å².